The minimum Gasteiger partial charge on any atom is -0.429 e. The summed E-state index contributed by atoms with van der Waals surface area (Å²) in [7, 11) is 0. The van der Waals surface area contributed by atoms with E-state index in [4.69, 9.17) is 10.0 Å². The Labute approximate surface area is 53.8 Å². The van der Waals surface area contributed by atoms with Crippen LogP contribution >= 0.6 is 0 Å². The van der Waals surface area contributed by atoms with Gasteiger partial charge >= 0.3 is 7.69 Å². The van der Waals surface area contributed by atoms with Crippen molar-refractivity contribution in [2.24, 2.45) is 0 Å². The highest BCUT2D eigenvalue weighted by Gasteiger charge is 1.73. The molecule has 0 atom stereocenters. The van der Waals surface area contributed by atoms with Gasteiger partial charge in [0, 0.05) is 11.9 Å². The third kappa shape index (κ3) is 5.06. The summed E-state index contributed by atoms with van der Waals surface area (Å²) in [5.41, 5.74) is 1.11. The Balaban J connectivity index is 0.000000187. The zero-order valence-electron chi connectivity index (χ0n) is 5.07. The number of hydrogen-bond acceptors (Lipinski definition) is 3. The highest BCUT2D eigenvalue weighted by Crippen LogP contribution is 1.82. The minimum atomic E-state index is 0. The Hall–Kier alpha value is -0.805. The maximum Gasteiger partial charge on any atom is 0.482 e. The fourth-order valence-corrected chi connectivity index (χ4v) is 0.325. The predicted octanol–water partition coefficient (Wildman–Crippen LogP) is -0.777. The maximum absolute atomic E-state index is 7.00. The van der Waals surface area contributed by atoms with E-state index in [2.05, 4.69) is 10.2 Å². The summed E-state index contributed by atoms with van der Waals surface area (Å²) in [5, 5.41) is 20.4. The van der Waals surface area contributed by atoms with Gasteiger partial charge in [0.05, 0.1) is 0 Å². The van der Waals surface area contributed by atoms with Gasteiger partial charge in [-0.05, 0) is 13.0 Å². The van der Waals surface area contributed by atoms with Crippen molar-refractivity contribution in [2.45, 2.75) is 6.92 Å². The molecule has 0 aromatic carbocycles. The molecule has 0 fully saturated rings. The minimum absolute atomic E-state index is 0. The van der Waals surface area contributed by atoms with Gasteiger partial charge in [0.15, 0.2) is 0 Å². The van der Waals surface area contributed by atoms with Crippen molar-refractivity contribution in [3.8, 4) is 0 Å². The number of aryl methyl sites for hydroxylation is 1. The van der Waals surface area contributed by atoms with Crippen LogP contribution in [0.3, 0.4) is 0 Å². The van der Waals surface area contributed by atoms with Crippen molar-refractivity contribution < 1.29 is 10.0 Å². The van der Waals surface area contributed by atoms with E-state index in [0.29, 0.717) is 0 Å². The molecule has 4 nitrogen and oxygen atoms in total. The summed E-state index contributed by atoms with van der Waals surface area (Å²) >= 11 is 0. The number of hydrogen-bond donors (Lipinski definition) is 3. The lowest BCUT2D eigenvalue weighted by molar-refractivity contribution is 0.448. The standard InChI is InChI=1S/C4H6N2.BH2O2/c1-4-2-3-5-6-4;2-1-3/h2-3H,1H3,(H,5,6);2-3H. The summed E-state index contributed by atoms with van der Waals surface area (Å²) in [6.07, 6.45) is 1.73. The van der Waals surface area contributed by atoms with Crippen LogP contribution in [0.15, 0.2) is 12.3 Å². The van der Waals surface area contributed by atoms with Crippen LogP contribution < -0.4 is 0 Å². The molecule has 0 saturated carbocycles. The predicted molar refractivity (Wildman–Crippen MR) is 33.5 cm³/mol. The molecule has 1 rings (SSSR count). The van der Waals surface area contributed by atoms with Gasteiger partial charge < -0.3 is 10.0 Å². The molecule has 0 unspecified atom stereocenters. The zero-order chi connectivity index (χ0) is 7.11. The number of aromatic nitrogens is 2. The zero-order valence-corrected chi connectivity index (χ0v) is 5.07. The summed E-state index contributed by atoms with van der Waals surface area (Å²) in [6, 6.07) is 1.92. The van der Waals surface area contributed by atoms with Gasteiger partial charge in [-0.15, -0.1) is 0 Å². The lowest BCUT2D eigenvalue weighted by Gasteiger charge is -1.68. The van der Waals surface area contributed by atoms with Gasteiger partial charge in [-0.2, -0.15) is 5.10 Å². The average molecular weight is 127 g/mol. The van der Waals surface area contributed by atoms with Crippen LogP contribution in [-0.4, -0.2) is 27.9 Å². The van der Waals surface area contributed by atoms with Crippen molar-refractivity contribution in [3.05, 3.63) is 18.0 Å². The van der Waals surface area contributed by atoms with E-state index in [0.717, 1.165) is 5.69 Å². The Morgan fingerprint density at radius 1 is 1.67 bits per heavy atom. The molecule has 5 heteroatoms. The average Bonchev–Trinajstić information content (AvgIpc) is 2.20. The van der Waals surface area contributed by atoms with Gasteiger partial charge in [-0.3, -0.25) is 5.10 Å². The lowest BCUT2D eigenvalue weighted by Crippen LogP contribution is -1.75. The van der Waals surface area contributed by atoms with Crippen molar-refractivity contribution in [1.82, 2.24) is 10.2 Å². The van der Waals surface area contributed by atoms with Gasteiger partial charge in [-0.1, -0.05) is 0 Å². The van der Waals surface area contributed by atoms with Crippen molar-refractivity contribution in [1.29, 1.82) is 0 Å². The molecule has 1 aromatic rings. The first kappa shape index (κ1) is 8.19. The molecular formula is C4H8BN2O2. The Kier molecular flexibility index (Phi) is 4.86. The molecule has 1 radical (unpaired) electrons. The van der Waals surface area contributed by atoms with E-state index in [1.807, 2.05) is 13.0 Å². The molecule has 1 aromatic heterocycles. The second-order valence-electron chi connectivity index (χ2n) is 1.36. The van der Waals surface area contributed by atoms with Gasteiger partial charge in [0.25, 0.3) is 0 Å². The quantitative estimate of drug-likeness (QED) is 0.400. The van der Waals surface area contributed by atoms with E-state index >= 15 is 0 Å². The van der Waals surface area contributed by atoms with E-state index in [1.54, 1.807) is 6.20 Å². The van der Waals surface area contributed by atoms with Crippen LogP contribution in [0.25, 0.3) is 0 Å². The first-order chi connectivity index (χ1) is 4.31. The van der Waals surface area contributed by atoms with Gasteiger partial charge in [-0.25, -0.2) is 0 Å². The summed E-state index contributed by atoms with van der Waals surface area (Å²) in [5.74, 6) is 0. The monoisotopic (exact) mass is 127 g/mol. The SMILES string of the molecule is Cc1ccn[nH]1.O[B]O. The van der Waals surface area contributed by atoms with E-state index in [1.165, 1.54) is 0 Å². The topological polar surface area (TPSA) is 69.1 Å². The van der Waals surface area contributed by atoms with Crippen molar-refractivity contribution in [2.75, 3.05) is 0 Å². The van der Waals surface area contributed by atoms with Gasteiger partial charge in [0.1, 0.15) is 0 Å². The van der Waals surface area contributed by atoms with Crippen LogP contribution in [0.4, 0.5) is 0 Å². The third-order valence-corrected chi connectivity index (χ3v) is 0.640. The fourth-order valence-electron chi connectivity index (χ4n) is 0.325. The number of aromatic amines is 1. The highest BCUT2D eigenvalue weighted by atomic mass is 16.4. The smallest absolute Gasteiger partial charge is 0.429 e. The molecule has 0 bridgehead atoms. The van der Waals surface area contributed by atoms with Crippen LogP contribution in [0.2, 0.25) is 0 Å². The molecule has 0 aliphatic heterocycles. The van der Waals surface area contributed by atoms with Gasteiger partial charge in [0.2, 0.25) is 0 Å². The summed E-state index contributed by atoms with van der Waals surface area (Å²) in [4.78, 5) is 0. The third-order valence-electron chi connectivity index (χ3n) is 0.640. The second kappa shape index (κ2) is 5.33. The van der Waals surface area contributed by atoms with Crippen LogP contribution in [0.5, 0.6) is 0 Å². The van der Waals surface area contributed by atoms with Crippen molar-refractivity contribution >= 4 is 7.69 Å². The molecule has 49 valence electrons. The van der Waals surface area contributed by atoms with Crippen LogP contribution in [-0.2, 0) is 0 Å². The first-order valence-corrected chi connectivity index (χ1v) is 2.37. The maximum atomic E-state index is 7.00. The number of rotatable bonds is 0. The molecule has 0 amide bonds. The lowest BCUT2D eigenvalue weighted by atomic mass is 10.5. The molecule has 0 aliphatic rings. The van der Waals surface area contributed by atoms with Crippen molar-refractivity contribution in [3.63, 3.8) is 0 Å². The van der Waals surface area contributed by atoms with E-state index < -0.39 is 0 Å². The molecule has 1 heterocycles. The summed E-state index contributed by atoms with van der Waals surface area (Å²) in [6.45, 7) is 1.97. The number of nitrogens with zero attached hydrogens (tertiary/aromatic N) is 1. The van der Waals surface area contributed by atoms with E-state index in [-0.39, 0.29) is 7.69 Å². The summed E-state index contributed by atoms with van der Waals surface area (Å²) < 4.78 is 0. The second-order valence-corrected chi connectivity index (χ2v) is 1.36. The molecule has 0 spiro atoms. The normalized spacial score (nSPS) is 7.44. The molecule has 3 N–H and O–H groups in total. The Morgan fingerprint density at radius 2 is 2.22 bits per heavy atom. The van der Waals surface area contributed by atoms with Crippen LogP contribution in [0.1, 0.15) is 5.69 Å². The first-order valence-electron chi connectivity index (χ1n) is 2.37. The van der Waals surface area contributed by atoms with E-state index in [9.17, 15) is 0 Å². The molecule has 0 aliphatic carbocycles. The molecule has 9 heavy (non-hydrogen) atoms. The fraction of sp³-hybridized carbons (Fsp3) is 0.250. The molecule has 0 saturated heterocycles. The largest absolute Gasteiger partial charge is 0.482 e. The Bertz CT molecular complexity index is 131. The van der Waals surface area contributed by atoms with Crippen LogP contribution in [0, 0.1) is 6.92 Å². The number of H-pyrrole nitrogens is 1. The molecular weight excluding hydrogens is 119 g/mol. The highest BCUT2D eigenvalue weighted by molar-refractivity contribution is 6.13. The number of nitrogens with one attached hydrogen (secondary N) is 1. The Morgan fingerprint density at radius 3 is 2.33 bits per heavy atom.